The van der Waals surface area contributed by atoms with Crippen molar-refractivity contribution in [3.8, 4) is 0 Å². The van der Waals surface area contributed by atoms with Gasteiger partial charge in [0.2, 0.25) is 0 Å². The van der Waals surface area contributed by atoms with Gasteiger partial charge in [-0.15, -0.1) is 0 Å². The Balaban J connectivity index is 1.97. The first kappa shape index (κ1) is 26.0. The minimum atomic E-state index is -1.40. The van der Waals surface area contributed by atoms with E-state index in [1.165, 1.54) is 4.90 Å². The summed E-state index contributed by atoms with van der Waals surface area (Å²) < 4.78 is 16.9. The van der Waals surface area contributed by atoms with Gasteiger partial charge in [-0.1, -0.05) is 23.2 Å². The maximum absolute atomic E-state index is 15.1. The SMILES string of the molecule is Cc1cc(Nc2nc(CC3(C(=O)O)CCN(C(=O)O)C(C)C3)c(F)c(Cl)c2Cl)nn1C(C)(C)C. The zero-order valence-corrected chi connectivity index (χ0v) is 21.1. The van der Waals surface area contributed by atoms with Crippen molar-refractivity contribution in [3.63, 3.8) is 0 Å². The Kier molecular flexibility index (Phi) is 7.06. The van der Waals surface area contributed by atoms with Gasteiger partial charge in [0.15, 0.2) is 17.5 Å². The summed E-state index contributed by atoms with van der Waals surface area (Å²) in [6.07, 6.45) is -1.37. The van der Waals surface area contributed by atoms with E-state index in [0.717, 1.165) is 5.69 Å². The van der Waals surface area contributed by atoms with Crippen LogP contribution in [0.3, 0.4) is 0 Å². The first-order valence-corrected chi connectivity index (χ1v) is 11.5. The second kappa shape index (κ2) is 9.22. The number of carbonyl (C=O) groups is 2. The van der Waals surface area contributed by atoms with Crippen molar-refractivity contribution >= 4 is 46.9 Å². The Bertz CT molecular complexity index is 1130. The van der Waals surface area contributed by atoms with Gasteiger partial charge in [0.05, 0.1) is 16.6 Å². The van der Waals surface area contributed by atoms with Gasteiger partial charge >= 0.3 is 12.1 Å². The van der Waals surface area contributed by atoms with Crippen LogP contribution in [-0.2, 0) is 16.8 Å². The molecule has 1 aliphatic rings. The highest BCUT2D eigenvalue weighted by atomic mass is 35.5. The molecule has 0 bridgehead atoms. The van der Waals surface area contributed by atoms with Crippen molar-refractivity contribution in [1.29, 1.82) is 0 Å². The fourth-order valence-electron chi connectivity index (χ4n) is 4.46. The number of nitrogens with zero attached hydrogens (tertiary/aromatic N) is 4. The van der Waals surface area contributed by atoms with Gasteiger partial charge in [0, 0.05) is 30.8 Å². The third-order valence-electron chi connectivity index (χ3n) is 6.12. The molecular formula is C22H28Cl2FN5O4. The second-order valence-electron chi connectivity index (χ2n) is 9.77. The Hall–Kier alpha value is -2.59. The summed E-state index contributed by atoms with van der Waals surface area (Å²) in [6.45, 7) is 9.53. The van der Waals surface area contributed by atoms with Gasteiger partial charge < -0.3 is 20.4 Å². The molecule has 1 aliphatic heterocycles. The molecule has 2 unspecified atom stereocenters. The molecule has 2 aromatic heterocycles. The van der Waals surface area contributed by atoms with Gasteiger partial charge in [0.1, 0.15) is 10.0 Å². The fraction of sp³-hybridized carbons (Fsp3) is 0.545. The third kappa shape index (κ3) is 4.93. The number of carboxylic acids is 1. The van der Waals surface area contributed by atoms with Crippen LogP contribution in [-0.4, -0.2) is 54.5 Å². The topological polar surface area (TPSA) is 121 Å². The molecule has 12 heteroatoms. The molecule has 186 valence electrons. The maximum Gasteiger partial charge on any atom is 0.407 e. The molecule has 1 amide bonds. The van der Waals surface area contributed by atoms with E-state index in [4.69, 9.17) is 23.2 Å². The lowest BCUT2D eigenvalue weighted by Gasteiger charge is -2.42. The van der Waals surface area contributed by atoms with Crippen molar-refractivity contribution in [2.75, 3.05) is 11.9 Å². The number of likely N-dealkylation sites (tertiary alicyclic amines) is 1. The van der Waals surface area contributed by atoms with E-state index in [-0.39, 0.29) is 52.9 Å². The first-order valence-electron chi connectivity index (χ1n) is 10.8. The number of amides is 1. The van der Waals surface area contributed by atoms with Crippen LogP contribution in [0.15, 0.2) is 6.07 Å². The molecule has 0 spiro atoms. The van der Waals surface area contributed by atoms with Crippen LogP contribution in [0.2, 0.25) is 10.0 Å². The van der Waals surface area contributed by atoms with Gasteiger partial charge in [0.25, 0.3) is 0 Å². The molecule has 0 radical (unpaired) electrons. The molecule has 1 saturated heterocycles. The Labute approximate surface area is 206 Å². The molecule has 2 atom stereocenters. The number of hydrogen-bond acceptors (Lipinski definition) is 5. The van der Waals surface area contributed by atoms with Crippen LogP contribution in [0, 0.1) is 18.2 Å². The van der Waals surface area contributed by atoms with Crippen LogP contribution in [0.5, 0.6) is 0 Å². The Morgan fingerprint density at radius 1 is 1.29 bits per heavy atom. The summed E-state index contributed by atoms with van der Waals surface area (Å²) in [6, 6.07) is 1.22. The van der Waals surface area contributed by atoms with Gasteiger partial charge in [-0.25, -0.2) is 14.2 Å². The minimum absolute atomic E-state index is 0.00788. The van der Waals surface area contributed by atoms with Crippen LogP contribution in [0.4, 0.5) is 20.8 Å². The van der Waals surface area contributed by atoms with Gasteiger partial charge in [-0.2, -0.15) is 5.10 Å². The standard InChI is InChI=1S/C22H28Cl2FN5O4/c1-11-8-14(28-30(11)21(3,4)5)27-18-16(24)15(23)17(25)13(26-18)10-22(19(31)32)6-7-29(20(33)34)12(2)9-22/h8,12H,6-7,9-10H2,1-5H3,(H,31,32)(H,33,34)(H,26,27,28). The number of rotatable bonds is 5. The van der Waals surface area contributed by atoms with Crippen molar-refractivity contribution in [2.24, 2.45) is 5.41 Å². The van der Waals surface area contributed by atoms with Crippen molar-refractivity contribution in [2.45, 2.75) is 65.5 Å². The second-order valence-corrected chi connectivity index (χ2v) is 10.5. The van der Waals surface area contributed by atoms with E-state index < -0.39 is 29.3 Å². The lowest BCUT2D eigenvalue weighted by atomic mass is 9.72. The Morgan fingerprint density at radius 2 is 1.94 bits per heavy atom. The lowest BCUT2D eigenvalue weighted by molar-refractivity contribution is -0.153. The molecule has 0 saturated carbocycles. The van der Waals surface area contributed by atoms with E-state index >= 15 is 4.39 Å². The highest BCUT2D eigenvalue weighted by Crippen LogP contribution is 2.41. The van der Waals surface area contributed by atoms with E-state index in [1.807, 2.05) is 32.4 Å². The number of anilines is 2. The summed E-state index contributed by atoms with van der Waals surface area (Å²) >= 11 is 12.4. The average molecular weight is 516 g/mol. The fourth-order valence-corrected chi connectivity index (χ4v) is 4.83. The van der Waals surface area contributed by atoms with Crippen LogP contribution in [0.1, 0.15) is 51.9 Å². The van der Waals surface area contributed by atoms with Crippen molar-refractivity contribution < 1.29 is 24.2 Å². The predicted molar refractivity (Wildman–Crippen MR) is 127 cm³/mol. The molecule has 0 aliphatic carbocycles. The molecule has 2 aromatic rings. The molecular weight excluding hydrogens is 488 g/mol. The number of aromatic nitrogens is 3. The monoisotopic (exact) mass is 515 g/mol. The Morgan fingerprint density at radius 3 is 2.44 bits per heavy atom. The number of aliphatic carboxylic acids is 1. The number of hydrogen-bond donors (Lipinski definition) is 3. The van der Waals surface area contributed by atoms with E-state index in [2.05, 4.69) is 15.4 Å². The summed E-state index contributed by atoms with van der Waals surface area (Å²) in [5.41, 5.74) is -0.967. The van der Waals surface area contributed by atoms with Crippen molar-refractivity contribution in [3.05, 3.63) is 33.3 Å². The largest absolute Gasteiger partial charge is 0.481 e. The summed E-state index contributed by atoms with van der Waals surface area (Å²) in [5, 5.41) is 26.3. The normalized spacial score (nSPS) is 20.9. The van der Waals surface area contributed by atoms with E-state index in [0.29, 0.717) is 5.82 Å². The zero-order chi connectivity index (χ0) is 25.6. The summed E-state index contributed by atoms with van der Waals surface area (Å²) in [5.74, 6) is -1.57. The smallest absolute Gasteiger partial charge is 0.407 e. The molecule has 1 fully saturated rings. The van der Waals surface area contributed by atoms with Crippen molar-refractivity contribution in [1.82, 2.24) is 19.7 Å². The van der Waals surface area contributed by atoms with Crippen LogP contribution < -0.4 is 5.32 Å². The maximum atomic E-state index is 15.1. The number of piperidine rings is 1. The summed E-state index contributed by atoms with van der Waals surface area (Å²) in [7, 11) is 0. The number of nitrogens with one attached hydrogen (secondary N) is 1. The molecule has 9 nitrogen and oxygen atoms in total. The number of aryl methyl sites for hydroxylation is 1. The molecule has 3 N–H and O–H groups in total. The van der Waals surface area contributed by atoms with Crippen LogP contribution >= 0.6 is 23.2 Å². The highest BCUT2D eigenvalue weighted by Gasteiger charge is 2.46. The van der Waals surface area contributed by atoms with E-state index in [1.54, 1.807) is 13.0 Å². The molecule has 3 heterocycles. The third-order valence-corrected chi connectivity index (χ3v) is 6.94. The molecule has 0 aromatic carbocycles. The summed E-state index contributed by atoms with van der Waals surface area (Å²) in [4.78, 5) is 29.1. The number of pyridine rings is 1. The minimum Gasteiger partial charge on any atom is -0.481 e. The lowest BCUT2D eigenvalue weighted by Crippen LogP contribution is -2.51. The first-order chi connectivity index (χ1) is 15.7. The predicted octanol–water partition coefficient (Wildman–Crippen LogP) is 5.31. The number of halogens is 3. The van der Waals surface area contributed by atoms with E-state index in [9.17, 15) is 19.8 Å². The average Bonchev–Trinajstić information content (AvgIpc) is 3.10. The quantitative estimate of drug-likeness (QED) is 0.493. The molecule has 34 heavy (non-hydrogen) atoms. The molecule has 3 rings (SSSR count). The van der Waals surface area contributed by atoms with Gasteiger partial charge in [-0.05, 0) is 47.5 Å². The van der Waals surface area contributed by atoms with Gasteiger partial charge in [-0.3, -0.25) is 9.48 Å². The zero-order valence-electron chi connectivity index (χ0n) is 19.6. The number of carboxylic acid groups (broad SMARTS) is 2. The van der Waals surface area contributed by atoms with Crippen LogP contribution in [0.25, 0.3) is 0 Å². The highest BCUT2D eigenvalue weighted by molar-refractivity contribution is 6.43.